The summed E-state index contributed by atoms with van der Waals surface area (Å²) in [6.07, 6.45) is 2.74. The van der Waals surface area contributed by atoms with Gasteiger partial charge < -0.3 is 15.4 Å². The molecule has 0 saturated heterocycles. The molecule has 0 amide bonds. The van der Waals surface area contributed by atoms with Crippen LogP contribution in [-0.4, -0.2) is 40.4 Å². The van der Waals surface area contributed by atoms with E-state index >= 15 is 0 Å². The minimum absolute atomic E-state index is 0. The Labute approximate surface area is 191 Å². The van der Waals surface area contributed by atoms with E-state index in [-0.39, 0.29) is 30.0 Å². The Balaban J connectivity index is 0.00000420. The van der Waals surface area contributed by atoms with Gasteiger partial charge >= 0.3 is 0 Å². The lowest BCUT2D eigenvalue weighted by molar-refractivity contribution is 0.407. The van der Waals surface area contributed by atoms with Gasteiger partial charge in [0.25, 0.3) is 0 Å². The molecule has 0 bridgehead atoms. The van der Waals surface area contributed by atoms with Gasteiger partial charge in [0.05, 0.1) is 25.0 Å². The van der Waals surface area contributed by atoms with Crippen molar-refractivity contribution in [2.24, 2.45) is 12.0 Å². The summed E-state index contributed by atoms with van der Waals surface area (Å²) in [6.45, 7) is 13.7. The first-order valence-electron chi connectivity index (χ1n) is 9.81. The van der Waals surface area contributed by atoms with Crippen LogP contribution in [0.4, 0.5) is 0 Å². The molecule has 162 valence electrons. The van der Waals surface area contributed by atoms with Gasteiger partial charge in [-0.3, -0.25) is 9.67 Å². The van der Waals surface area contributed by atoms with Crippen LogP contribution in [0.3, 0.4) is 0 Å². The number of nitrogens with one attached hydrogen (secondary N) is 2. The van der Waals surface area contributed by atoms with Crippen molar-refractivity contribution in [2.45, 2.75) is 60.5 Å². The summed E-state index contributed by atoms with van der Waals surface area (Å²) < 4.78 is 7.44. The molecule has 0 aliphatic carbocycles. The number of halogens is 1. The molecule has 2 heterocycles. The summed E-state index contributed by atoms with van der Waals surface area (Å²) in [5, 5.41) is 11.3. The van der Waals surface area contributed by atoms with Crippen LogP contribution < -0.4 is 15.4 Å². The molecule has 0 aliphatic rings. The smallest absolute Gasteiger partial charge is 0.191 e. The average molecular weight is 514 g/mol. The first kappa shape index (κ1) is 25.2. The van der Waals surface area contributed by atoms with Gasteiger partial charge in [0.15, 0.2) is 5.96 Å². The molecule has 0 aromatic carbocycles. The third kappa shape index (κ3) is 6.32. The molecule has 2 aromatic heterocycles. The highest BCUT2D eigenvalue weighted by atomic mass is 127. The van der Waals surface area contributed by atoms with E-state index in [9.17, 15) is 0 Å². The standard InChI is InChI=1S/C21H34N6O.HI/c1-9-22-21(24-12-19-15(4)20(28-8)13(2)11-23-19)25-14(3)10-18-16(5)26-27(7)17(18)6;/h11,14H,9-10,12H2,1-8H3,(H2,22,24,25);1H. The molecule has 7 nitrogen and oxygen atoms in total. The third-order valence-electron chi connectivity index (χ3n) is 5.03. The predicted molar refractivity (Wildman–Crippen MR) is 129 cm³/mol. The number of hydrogen-bond donors (Lipinski definition) is 2. The summed E-state index contributed by atoms with van der Waals surface area (Å²) in [4.78, 5) is 9.27. The highest BCUT2D eigenvalue weighted by Crippen LogP contribution is 2.24. The van der Waals surface area contributed by atoms with Gasteiger partial charge in [-0.05, 0) is 53.5 Å². The Hall–Kier alpha value is -1.84. The molecule has 0 spiro atoms. The normalized spacial score (nSPS) is 12.3. The quantitative estimate of drug-likeness (QED) is 0.337. The lowest BCUT2D eigenvalue weighted by Gasteiger charge is -2.18. The van der Waals surface area contributed by atoms with Crippen LogP contribution in [-0.2, 0) is 20.0 Å². The first-order chi connectivity index (χ1) is 13.3. The number of pyridine rings is 1. The summed E-state index contributed by atoms with van der Waals surface area (Å²) in [6, 6.07) is 0.223. The monoisotopic (exact) mass is 514 g/mol. The fraction of sp³-hybridized carbons (Fsp3) is 0.571. The van der Waals surface area contributed by atoms with E-state index < -0.39 is 0 Å². The average Bonchev–Trinajstić information content (AvgIpc) is 2.87. The van der Waals surface area contributed by atoms with Crippen molar-refractivity contribution in [1.82, 2.24) is 25.4 Å². The largest absolute Gasteiger partial charge is 0.496 e. The Kier molecular flexibility index (Phi) is 9.88. The fourth-order valence-electron chi connectivity index (χ4n) is 3.41. The van der Waals surface area contributed by atoms with E-state index in [0.29, 0.717) is 6.54 Å². The van der Waals surface area contributed by atoms with Gasteiger partial charge in [-0.2, -0.15) is 5.10 Å². The molecule has 0 saturated carbocycles. The molecule has 8 heteroatoms. The van der Waals surface area contributed by atoms with Crippen molar-refractivity contribution in [3.05, 3.63) is 40.0 Å². The van der Waals surface area contributed by atoms with E-state index in [1.54, 1.807) is 7.11 Å². The van der Waals surface area contributed by atoms with Crippen LogP contribution in [0.5, 0.6) is 5.75 Å². The molecule has 0 fully saturated rings. The van der Waals surface area contributed by atoms with Crippen LogP contribution in [0.1, 0.15) is 47.6 Å². The van der Waals surface area contributed by atoms with Crippen LogP contribution >= 0.6 is 24.0 Å². The molecule has 0 radical (unpaired) electrons. The number of nitrogens with zero attached hydrogens (tertiary/aromatic N) is 4. The number of ether oxygens (including phenoxy) is 1. The van der Waals surface area contributed by atoms with Crippen molar-refractivity contribution < 1.29 is 4.74 Å². The number of aromatic nitrogens is 3. The Morgan fingerprint density at radius 3 is 2.52 bits per heavy atom. The zero-order chi connectivity index (χ0) is 20.8. The maximum absolute atomic E-state index is 5.50. The Morgan fingerprint density at radius 2 is 1.97 bits per heavy atom. The second-order valence-electron chi connectivity index (χ2n) is 7.26. The van der Waals surface area contributed by atoms with Crippen molar-refractivity contribution in [3.63, 3.8) is 0 Å². The molecule has 2 N–H and O–H groups in total. The summed E-state index contributed by atoms with van der Waals surface area (Å²) in [5.74, 6) is 1.67. The van der Waals surface area contributed by atoms with Gasteiger partial charge in [-0.25, -0.2) is 4.99 Å². The summed E-state index contributed by atoms with van der Waals surface area (Å²) >= 11 is 0. The summed E-state index contributed by atoms with van der Waals surface area (Å²) in [7, 11) is 3.68. The molecule has 2 rings (SSSR count). The van der Waals surface area contributed by atoms with Crippen molar-refractivity contribution in [2.75, 3.05) is 13.7 Å². The predicted octanol–water partition coefficient (Wildman–Crippen LogP) is 3.36. The van der Waals surface area contributed by atoms with Gasteiger partial charge in [0, 0.05) is 42.7 Å². The summed E-state index contributed by atoms with van der Waals surface area (Å²) in [5.41, 5.74) is 6.58. The van der Waals surface area contributed by atoms with E-state index in [2.05, 4.69) is 48.4 Å². The maximum atomic E-state index is 5.50. The zero-order valence-electron chi connectivity index (χ0n) is 18.9. The molecule has 1 atom stereocenters. The van der Waals surface area contributed by atoms with E-state index in [1.807, 2.05) is 31.8 Å². The van der Waals surface area contributed by atoms with Crippen LogP contribution in [0.15, 0.2) is 11.2 Å². The maximum Gasteiger partial charge on any atom is 0.191 e. The molecular weight excluding hydrogens is 479 g/mol. The molecule has 29 heavy (non-hydrogen) atoms. The van der Waals surface area contributed by atoms with E-state index in [0.717, 1.165) is 47.2 Å². The second kappa shape index (κ2) is 11.4. The highest BCUT2D eigenvalue weighted by molar-refractivity contribution is 14.0. The van der Waals surface area contributed by atoms with Gasteiger partial charge in [0.1, 0.15) is 5.75 Å². The third-order valence-corrected chi connectivity index (χ3v) is 5.03. The van der Waals surface area contributed by atoms with Gasteiger partial charge in [-0.15, -0.1) is 24.0 Å². The molecule has 0 aliphatic heterocycles. The lowest BCUT2D eigenvalue weighted by Crippen LogP contribution is -2.43. The minimum atomic E-state index is 0. The first-order valence-corrected chi connectivity index (χ1v) is 9.81. The van der Waals surface area contributed by atoms with Crippen LogP contribution in [0.2, 0.25) is 0 Å². The Morgan fingerprint density at radius 1 is 1.28 bits per heavy atom. The lowest BCUT2D eigenvalue weighted by atomic mass is 10.1. The zero-order valence-corrected chi connectivity index (χ0v) is 21.2. The Bertz CT molecular complexity index is 846. The van der Waals surface area contributed by atoms with Crippen molar-refractivity contribution in [1.29, 1.82) is 0 Å². The number of hydrogen-bond acceptors (Lipinski definition) is 4. The van der Waals surface area contributed by atoms with E-state index in [1.165, 1.54) is 11.3 Å². The number of aryl methyl sites for hydroxylation is 3. The number of aliphatic imine (C=N–C) groups is 1. The minimum Gasteiger partial charge on any atom is -0.496 e. The SMILES string of the molecule is CCNC(=NCc1ncc(C)c(OC)c1C)NC(C)Cc1c(C)nn(C)c1C.I. The molecule has 2 aromatic rings. The molecule has 1 unspecified atom stereocenters. The number of rotatable bonds is 7. The van der Waals surface area contributed by atoms with Gasteiger partial charge in [0.2, 0.25) is 0 Å². The van der Waals surface area contributed by atoms with Crippen molar-refractivity contribution >= 4 is 29.9 Å². The van der Waals surface area contributed by atoms with Crippen LogP contribution in [0.25, 0.3) is 0 Å². The molecular formula is C21H35IN6O. The highest BCUT2D eigenvalue weighted by Gasteiger charge is 2.14. The number of guanidine groups is 1. The fourth-order valence-corrected chi connectivity index (χ4v) is 3.41. The topological polar surface area (TPSA) is 76.4 Å². The second-order valence-corrected chi connectivity index (χ2v) is 7.26. The number of methoxy groups -OCH3 is 1. The van der Waals surface area contributed by atoms with Crippen molar-refractivity contribution in [3.8, 4) is 5.75 Å². The van der Waals surface area contributed by atoms with Crippen LogP contribution in [0, 0.1) is 27.7 Å². The van der Waals surface area contributed by atoms with E-state index in [4.69, 9.17) is 9.73 Å². The van der Waals surface area contributed by atoms with Gasteiger partial charge in [-0.1, -0.05) is 0 Å².